The lowest BCUT2D eigenvalue weighted by Crippen LogP contribution is -2.32. The first-order valence-electron chi connectivity index (χ1n) is 2.90. The van der Waals surface area contributed by atoms with Crippen molar-refractivity contribution in [2.75, 3.05) is 13.1 Å². The molecule has 2 N–H and O–H groups in total. The van der Waals surface area contributed by atoms with E-state index >= 15 is 0 Å². The molecule has 1 aliphatic rings. The van der Waals surface area contributed by atoms with Gasteiger partial charge in [0.1, 0.15) is 13.1 Å². The van der Waals surface area contributed by atoms with Gasteiger partial charge in [0.25, 0.3) is 0 Å². The van der Waals surface area contributed by atoms with Gasteiger partial charge in [0.2, 0.25) is 5.91 Å². The highest BCUT2D eigenvalue weighted by molar-refractivity contribution is 7.80. The van der Waals surface area contributed by atoms with Crippen LogP contribution in [0, 0.1) is 0 Å². The van der Waals surface area contributed by atoms with Gasteiger partial charge in [-0.05, 0) is 12.2 Å². The summed E-state index contributed by atoms with van der Waals surface area (Å²) in [7, 11) is 0. The summed E-state index contributed by atoms with van der Waals surface area (Å²) >= 11 is 4.67. The highest BCUT2D eigenvalue weighted by atomic mass is 32.1. The van der Waals surface area contributed by atoms with E-state index in [-0.39, 0.29) is 24.1 Å². The van der Waals surface area contributed by atoms with Crippen molar-refractivity contribution in [2.45, 2.75) is 0 Å². The van der Waals surface area contributed by atoms with E-state index in [4.69, 9.17) is 5.11 Å². The van der Waals surface area contributed by atoms with Crippen LogP contribution in [0.2, 0.25) is 0 Å². The molecule has 1 fully saturated rings. The third-order valence-corrected chi connectivity index (χ3v) is 1.55. The first kappa shape index (κ1) is 7.93. The molecule has 0 saturated carbocycles. The molecule has 0 bridgehead atoms. The van der Waals surface area contributed by atoms with Gasteiger partial charge >= 0.3 is 5.97 Å². The second kappa shape index (κ2) is 2.83. The minimum absolute atomic E-state index is 0.0468. The second-order valence-electron chi connectivity index (χ2n) is 2.10. The fourth-order valence-electron chi connectivity index (χ4n) is 0.774. The predicted molar refractivity (Wildman–Crippen MR) is 39.9 cm³/mol. The van der Waals surface area contributed by atoms with Gasteiger partial charge in [-0.1, -0.05) is 0 Å². The average molecular weight is 174 g/mol. The summed E-state index contributed by atoms with van der Waals surface area (Å²) in [4.78, 5) is 22.1. The zero-order valence-electron chi connectivity index (χ0n) is 5.53. The van der Waals surface area contributed by atoms with E-state index in [1.165, 1.54) is 4.90 Å². The molecule has 0 aliphatic carbocycles. The quantitative estimate of drug-likeness (QED) is 0.514. The summed E-state index contributed by atoms with van der Waals surface area (Å²) in [6.07, 6.45) is 0. The van der Waals surface area contributed by atoms with Gasteiger partial charge < -0.3 is 15.3 Å². The largest absolute Gasteiger partial charge is 0.480 e. The Labute approximate surface area is 68.0 Å². The number of carbonyl (C=O) groups excluding carboxylic acids is 1. The number of carboxylic acids is 1. The van der Waals surface area contributed by atoms with Gasteiger partial charge in [-0.2, -0.15) is 0 Å². The van der Waals surface area contributed by atoms with Crippen molar-refractivity contribution < 1.29 is 14.7 Å². The third-order valence-electron chi connectivity index (χ3n) is 1.19. The maximum atomic E-state index is 10.6. The van der Waals surface area contributed by atoms with Gasteiger partial charge in [0, 0.05) is 0 Å². The Kier molecular flexibility index (Phi) is 2.04. The molecule has 11 heavy (non-hydrogen) atoms. The van der Waals surface area contributed by atoms with Gasteiger partial charge in [0.05, 0.1) is 0 Å². The first-order valence-corrected chi connectivity index (χ1v) is 3.31. The van der Waals surface area contributed by atoms with Crippen LogP contribution < -0.4 is 5.32 Å². The summed E-state index contributed by atoms with van der Waals surface area (Å²) in [6.45, 7) is -0.178. The van der Waals surface area contributed by atoms with Crippen molar-refractivity contribution in [2.24, 2.45) is 0 Å². The molecule has 1 amide bonds. The molecule has 0 aromatic carbocycles. The fourth-order valence-corrected chi connectivity index (χ4v) is 1.02. The van der Waals surface area contributed by atoms with E-state index < -0.39 is 5.97 Å². The molecule has 1 saturated heterocycles. The zero-order chi connectivity index (χ0) is 8.43. The molecule has 0 aromatic heterocycles. The number of amides is 1. The van der Waals surface area contributed by atoms with Crippen LogP contribution >= 0.6 is 12.2 Å². The Morgan fingerprint density at radius 2 is 2.45 bits per heavy atom. The summed E-state index contributed by atoms with van der Waals surface area (Å²) in [5.41, 5.74) is 0. The molecule has 0 radical (unpaired) electrons. The second-order valence-corrected chi connectivity index (χ2v) is 2.49. The maximum absolute atomic E-state index is 10.6. The predicted octanol–water partition coefficient (Wildman–Crippen LogP) is -1.21. The average Bonchev–Trinajstić information content (AvgIpc) is 2.09. The normalized spacial score (nSPS) is 16.9. The van der Waals surface area contributed by atoms with Crippen molar-refractivity contribution in [3.05, 3.63) is 0 Å². The van der Waals surface area contributed by atoms with Crippen LogP contribution in [-0.4, -0.2) is 40.1 Å². The van der Waals surface area contributed by atoms with E-state index in [2.05, 4.69) is 17.5 Å². The van der Waals surface area contributed by atoms with Crippen molar-refractivity contribution in [1.29, 1.82) is 0 Å². The topological polar surface area (TPSA) is 69.6 Å². The van der Waals surface area contributed by atoms with Crippen LogP contribution in [0.5, 0.6) is 0 Å². The molecular formula is C5H6N2O3S. The zero-order valence-corrected chi connectivity index (χ0v) is 6.35. The van der Waals surface area contributed by atoms with Gasteiger partial charge in [-0.3, -0.25) is 9.59 Å². The van der Waals surface area contributed by atoms with Crippen molar-refractivity contribution in [3.8, 4) is 0 Å². The summed E-state index contributed by atoms with van der Waals surface area (Å²) in [6, 6.07) is 0. The standard InChI is InChI=1S/C5H6N2O3S/c8-3-1-7(2-4(9)10)5(11)6-3/h1-2H2,(H,9,10)(H,6,8,11). The Morgan fingerprint density at radius 3 is 2.82 bits per heavy atom. The number of nitrogens with one attached hydrogen (secondary N) is 1. The lowest BCUT2D eigenvalue weighted by molar-refractivity contribution is -0.137. The maximum Gasteiger partial charge on any atom is 0.323 e. The van der Waals surface area contributed by atoms with Crippen LogP contribution in [0.1, 0.15) is 0 Å². The number of hydrogen-bond donors (Lipinski definition) is 2. The van der Waals surface area contributed by atoms with Gasteiger partial charge in [0.15, 0.2) is 5.11 Å². The fraction of sp³-hybridized carbons (Fsp3) is 0.400. The first-order chi connectivity index (χ1) is 5.09. The van der Waals surface area contributed by atoms with Gasteiger partial charge in [-0.25, -0.2) is 0 Å². The van der Waals surface area contributed by atoms with Gasteiger partial charge in [-0.15, -0.1) is 0 Å². The Bertz CT molecular complexity index is 228. The van der Waals surface area contributed by atoms with Crippen molar-refractivity contribution in [1.82, 2.24) is 10.2 Å². The smallest absolute Gasteiger partial charge is 0.323 e. The molecular weight excluding hydrogens is 168 g/mol. The Morgan fingerprint density at radius 1 is 1.82 bits per heavy atom. The molecule has 1 aliphatic heterocycles. The van der Waals surface area contributed by atoms with Crippen molar-refractivity contribution in [3.63, 3.8) is 0 Å². The van der Waals surface area contributed by atoms with Crippen LogP contribution in [0.25, 0.3) is 0 Å². The summed E-state index contributed by atoms with van der Waals surface area (Å²) in [5, 5.41) is 10.9. The molecule has 6 heteroatoms. The molecule has 0 aromatic rings. The van der Waals surface area contributed by atoms with Crippen LogP contribution in [0.4, 0.5) is 0 Å². The third kappa shape index (κ3) is 1.87. The van der Waals surface area contributed by atoms with Crippen LogP contribution in [0.15, 0.2) is 0 Å². The highest BCUT2D eigenvalue weighted by Crippen LogP contribution is 1.96. The van der Waals surface area contributed by atoms with E-state index in [1.807, 2.05) is 0 Å². The minimum Gasteiger partial charge on any atom is -0.480 e. The number of nitrogens with zero attached hydrogens (tertiary/aromatic N) is 1. The summed E-state index contributed by atoms with van der Waals surface area (Å²) < 4.78 is 0. The van der Waals surface area contributed by atoms with Crippen molar-refractivity contribution >= 4 is 29.2 Å². The molecule has 0 unspecified atom stereocenters. The monoisotopic (exact) mass is 174 g/mol. The number of rotatable bonds is 2. The molecule has 1 rings (SSSR count). The summed E-state index contributed by atoms with van der Waals surface area (Å²) in [5.74, 6) is -1.25. The lowest BCUT2D eigenvalue weighted by Gasteiger charge is -2.10. The minimum atomic E-state index is -0.996. The van der Waals surface area contributed by atoms with E-state index in [1.54, 1.807) is 0 Å². The van der Waals surface area contributed by atoms with E-state index in [0.717, 1.165) is 0 Å². The van der Waals surface area contributed by atoms with E-state index in [0.29, 0.717) is 0 Å². The highest BCUT2D eigenvalue weighted by Gasteiger charge is 2.24. The number of hydrogen-bond acceptors (Lipinski definition) is 3. The number of thiocarbonyl (C=S) groups is 1. The molecule has 0 atom stereocenters. The number of carboxylic acid groups (broad SMARTS) is 1. The van der Waals surface area contributed by atoms with Crippen LogP contribution in [-0.2, 0) is 9.59 Å². The van der Waals surface area contributed by atoms with Crippen LogP contribution in [0.3, 0.4) is 0 Å². The molecule has 60 valence electrons. The molecule has 5 nitrogen and oxygen atoms in total. The number of aliphatic carboxylic acids is 1. The van der Waals surface area contributed by atoms with E-state index in [9.17, 15) is 9.59 Å². The number of carbonyl (C=O) groups is 2. The molecule has 0 spiro atoms. The SMILES string of the molecule is O=C(O)CN1CC(=O)NC1=S. The Balaban J connectivity index is 2.53. The molecule has 1 heterocycles. The Hall–Kier alpha value is -1.17. The lowest BCUT2D eigenvalue weighted by atomic mass is 10.5.